The molecule has 1 atom stereocenters. The van der Waals surface area contributed by atoms with Crippen molar-refractivity contribution in [3.63, 3.8) is 0 Å². The second kappa shape index (κ2) is 4.42. The summed E-state index contributed by atoms with van der Waals surface area (Å²) >= 11 is 0. The largest absolute Gasteiger partial charge is 0.381 e. The van der Waals surface area contributed by atoms with Gasteiger partial charge in [-0.3, -0.25) is 4.79 Å². The summed E-state index contributed by atoms with van der Waals surface area (Å²) in [5.74, 6) is 0.703. The van der Waals surface area contributed by atoms with Crippen molar-refractivity contribution in [3.05, 3.63) is 34.7 Å². The Kier molecular flexibility index (Phi) is 2.99. The molecule has 0 saturated carbocycles. The first-order chi connectivity index (χ1) is 6.84. The van der Waals surface area contributed by atoms with E-state index in [0.717, 1.165) is 26.2 Å². The molecule has 1 aliphatic heterocycles. The van der Waals surface area contributed by atoms with Gasteiger partial charge in [0.1, 0.15) is 0 Å². The minimum atomic E-state index is 0.0745. The topological polar surface area (TPSA) is 31.2 Å². The van der Waals surface area contributed by atoms with E-state index < -0.39 is 0 Å². The fourth-order valence-corrected chi connectivity index (χ4v) is 1.74. The number of aryl methyl sites for hydroxylation is 1. The highest BCUT2D eigenvalue weighted by Gasteiger charge is 2.14. The SMILES string of the molecule is O=c1ccn(CCC2CCOC2)cc1. The van der Waals surface area contributed by atoms with Crippen LogP contribution >= 0.6 is 0 Å². The van der Waals surface area contributed by atoms with Gasteiger partial charge in [0, 0.05) is 44.3 Å². The Morgan fingerprint density at radius 2 is 2.21 bits per heavy atom. The number of nitrogens with zero attached hydrogens (tertiary/aromatic N) is 1. The molecule has 3 nitrogen and oxygen atoms in total. The van der Waals surface area contributed by atoms with Crippen LogP contribution in [0.4, 0.5) is 0 Å². The smallest absolute Gasteiger partial charge is 0.181 e. The van der Waals surface area contributed by atoms with Crippen LogP contribution in [0, 0.1) is 5.92 Å². The number of rotatable bonds is 3. The standard InChI is InChI=1S/C11H15NO2/c13-11-2-6-12(7-3-11)5-1-10-4-8-14-9-10/h2-3,6-7,10H,1,4-5,8-9H2. The number of pyridine rings is 1. The Labute approximate surface area is 83.3 Å². The summed E-state index contributed by atoms with van der Waals surface area (Å²) in [6, 6.07) is 3.20. The molecule has 0 spiro atoms. The monoisotopic (exact) mass is 193 g/mol. The van der Waals surface area contributed by atoms with Crippen molar-refractivity contribution in [2.75, 3.05) is 13.2 Å². The molecule has 1 saturated heterocycles. The molecule has 0 aliphatic carbocycles. The van der Waals surface area contributed by atoms with E-state index in [2.05, 4.69) is 4.57 Å². The lowest BCUT2D eigenvalue weighted by atomic mass is 10.1. The summed E-state index contributed by atoms with van der Waals surface area (Å²) in [6.07, 6.45) is 6.01. The summed E-state index contributed by atoms with van der Waals surface area (Å²) < 4.78 is 7.36. The van der Waals surface area contributed by atoms with Gasteiger partial charge in [-0.1, -0.05) is 0 Å². The minimum absolute atomic E-state index is 0.0745. The van der Waals surface area contributed by atoms with E-state index in [1.807, 2.05) is 12.4 Å². The molecule has 0 amide bonds. The quantitative estimate of drug-likeness (QED) is 0.724. The third-order valence-corrected chi connectivity index (χ3v) is 2.68. The maximum absolute atomic E-state index is 10.8. The molecule has 14 heavy (non-hydrogen) atoms. The van der Waals surface area contributed by atoms with Crippen molar-refractivity contribution >= 4 is 0 Å². The molecule has 1 fully saturated rings. The molecule has 1 aliphatic rings. The summed E-state index contributed by atoms with van der Waals surface area (Å²) in [5, 5.41) is 0. The van der Waals surface area contributed by atoms with E-state index in [4.69, 9.17) is 4.74 Å². The molecule has 1 unspecified atom stereocenters. The molecule has 1 aromatic heterocycles. The fraction of sp³-hybridized carbons (Fsp3) is 0.545. The zero-order valence-electron chi connectivity index (χ0n) is 8.19. The lowest BCUT2D eigenvalue weighted by Gasteiger charge is -2.09. The highest BCUT2D eigenvalue weighted by Crippen LogP contribution is 2.16. The van der Waals surface area contributed by atoms with E-state index >= 15 is 0 Å². The van der Waals surface area contributed by atoms with Crippen molar-refractivity contribution in [1.82, 2.24) is 4.57 Å². The zero-order chi connectivity index (χ0) is 9.80. The highest BCUT2D eigenvalue weighted by atomic mass is 16.5. The minimum Gasteiger partial charge on any atom is -0.381 e. The van der Waals surface area contributed by atoms with Crippen LogP contribution in [0.2, 0.25) is 0 Å². The van der Waals surface area contributed by atoms with Crippen LogP contribution < -0.4 is 5.43 Å². The van der Waals surface area contributed by atoms with Crippen molar-refractivity contribution in [1.29, 1.82) is 0 Å². The lowest BCUT2D eigenvalue weighted by Crippen LogP contribution is -2.08. The zero-order valence-corrected chi connectivity index (χ0v) is 8.19. The molecule has 0 bridgehead atoms. The van der Waals surface area contributed by atoms with Crippen LogP contribution in [0.25, 0.3) is 0 Å². The van der Waals surface area contributed by atoms with Crippen LogP contribution in [0.15, 0.2) is 29.3 Å². The molecule has 2 rings (SSSR count). The first kappa shape index (κ1) is 9.46. The molecule has 0 aromatic carbocycles. The van der Waals surface area contributed by atoms with Gasteiger partial charge in [-0.05, 0) is 18.8 Å². The van der Waals surface area contributed by atoms with Gasteiger partial charge in [-0.15, -0.1) is 0 Å². The van der Waals surface area contributed by atoms with E-state index in [9.17, 15) is 4.79 Å². The summed E-state index contributed by atoms with van der Waals surface area (Å²) in [6.45, 7) is 2.79. The first-order valence-electron chi connectivity index (χ1n) is 5.08. The fourth-order valence-electron chi connectivity index (χ4n) is 1.74. The molecule has 1 aromatic rings. The molecule has 2 heterocycles. The van der Waals surface area contributed by atoms with Crippen LogP contribution in [-0.2, 0) is 11.3 Å². The van der Waals surface area contributed by atoms with Gasteiger partial charge in [0.25, 0.3) is 0 Å². The van der Waals surface area contributed by atoms with Crippen molar-refractivity contribution in [2.45, 2.75) is 19.4 Å². The Hall–Kier alpha value is -1.09. The number of hydrogen-bond acceptors (Lipinski definition) is 2. The summed E-state index contributed by atoms with van der Waals surface area (Å²) in [4.78, 5) is 10.8. The highest BCUT2D eigenvalue weighted by molar-refractivity contribution is 4.93. The first-order valence-corrected chi connectivity index (χ1v) is 5.08. The predicted molar refractivity (Wildman–Crippen MR) is 54.2 cm³/mol. The van der Waals surface area contributed by atoms with Gasteiger partial charge in [-0.25, -0.2) is 0 Å². The Balaban J connectivity index is 1.85. The van der Waals surface area contributed by atoms with Crippen LogP contribution in [0.5, 0.6) is 0 Å². The second-order valence-electron chi connectivity index (χ2n) is 3.79. The molecular weight excluding hydrogens is 178 g/mol. The average Bonchev–Trinajstić information content (AvgIpc) is 2.70. The van der Waals surface area contributed by atoms with Gasteiger partial charge in [0.15, 0.2) is 5.43 Å². The summed E-state index contributed by atoms with van der Waals surface area (Å²) in [5.41, 5.74) is 0.0745. The maximum Gasteiger partial charge on any atom is 0.181 e. The Morgan fingerprint density at radius 3 is 2.86 bits per heavy atom. The van der Waals surface area contributed by atoms with Gasteiger partial charge >= 0.3 is 0 Å². The number of ether oxygens (including phenoxy) is 1. The molecule has 0 radical (unpaired) electrons. The predicted octanol–water partition coefficient (Wildman–Crippen LogP) is 1.27. The van der Waals surface area contributed by atoms with Gasteiger partial charge in [-0.2, -0.15) is 0 Å². The van der Waals surface area contributed by atoms with Gasteiger partial charge < -0.3 is 9.30 Å². The summed E-state index contributed by atoms with van der Waals surface area (Å²) in [7, 11) is 0. The van der Waals surface area contributed by atoms with E-state index in [0.29, 0.717) is 5.92 Å². The molecule has 76 valence electrons. The molecule has 3 heteroatoms. The molecule has 0 N–H and O–H groups in total. The maximum atomic E-state index is 10.8. The Bertz CT molecular complexity index is 319. The third kappa shape index (κ3) is 2.45. The third-order valence-electron chi connectivity index (χ3n) is 2.68. The van der Waals surface area contributed by atoms with E-state index in [1.54, 1.807) is 12.1 Å². The van der Waals surface area contributed by atoms with Crippen LogP contribution in [-0.4, -0.2) is 17.8 Å². The van der Waals surface area contributed by atoms with Crippen molar-refractivity contribution < 1.29 is 4.74 Å². The van der Waals surface area contributed by atoms with Crippen molar-refractivity contribution in [2.24, 2.45) is 5.92 Å². The van der Waals surface area contributed by atoms with E-state index in [-0.39, 0.29) is 5.43 Å². The number of aromatic nitrogens is 1. The van der Waals surface area contributed by atoms with Crippen LogP contribution in [0.1, 0.15) is 12.8 Å². The second-order valence-corrected chi connectivity index (χ2v) is 3.79. The van der Waals surface area contributed by atoms with Gasteiger partial charge in [0.2, 0.25) is 0 Å². The van der Waals surface area contributed by atoms with Gasteiger partial charge in [0.05, 0.1) is 0 Å². The average molecular weight is 193 g/mol. The van der Waals surface area contributed by atoms with Crippen LogP contribution in [0.3, 0.4) is 0 Å². The normalized spacial score (nSPS) is 21.3. The van der Waals surface area contributed by atoms with Crippen molar-refractivity contribution in [3.8, 4) is 0 Å². The Morgan fingerprint density at radius 1 is 1.43 bits per heavy atom. The molecular formula is C11H15NO2. The van der Waals surface area contributed by atoms with E-state index in [1.165, 1.54) is 6.42 Å². The number of hydrogen-bond donors (Lipinski definition) is 0. The lowest BCUT2D eigenvalue weighted by molar-refractivity contribution is 0.183.